The van der Waals surface area contributed by atoms with Gasteiger partial charge in [0.2, 0.25) is 5.13 Å². The summed E-state index contributed by atoms with van der Waals surface area (Å²) in [7, 11) is 0. The molecular formula is C18H14FN5O2S2. The molecule has 0 atom stereocenters. The van der Waals surface area contributed by atoms with E-state index < -0.39 is 11.7 Å². The molecule has 0 spiro atoms. The maximum atomic E-state index is 14.2. The second kappa shape index (κ2) is 7.64. The summed E-state index contributed by atoms with van der Waals surface area (Å²) in [5.74, 6) is 0.00203. The van der Waals surface area contributed by atoms with Gasteiger partial charge in [0.15, 0.2) is 4.34 Å². The number of hydrogen-bond acceptors (Lipinski definition) is 8. The standard InChI is InChI=1S/C18H14FN5O2S2/c1-3-27-18-23-22-17(28-18)21-15(25)11-8-13(10-6-4-5-7-12(10)19)20-16-14(11)9(2)24-26-16/h4-8H,3H2,1-2H3,(H,21,22,25). The van der Waals surface area contributed by atoms with Crippen LogP contribution in [0.4, 0.5) is 9.52 Å². The first kappa shape index (κ1) is 18.5. The number of carbonyl (C=O) groups excluding carboxylic acids is 1. The second-order valence-electron chi connectivity index (χ2n) is 5.74. The lowest BCUT2D eigenvalue weighted by molar-refractivity contribution is 0.102. The lowest BCUT2D eigenvalue weighted by Crippen LogP contribution is -2.13. The van der Waals surface area contributed by atoms with Gasteiger partial charge in [-0.15, -0.1) is 10.2 Å². The van der Waals surface area contributed by atoms with Gasteiger partial charge < -0.3 is 4.52 Å². The smallest absolute Gasteiger partial charge is 0.259 e. The number of pyridine rings is 1. The van der Waals surface area contributed by atoms with Crippen LogP contribution in [-0.4, -0.2) is 32.0 Å². The number of benzene rings is 1. The summed E-state index contributed by atoms with van der Waals surface area (Å²) in [4.78, 5) is 17.3. The third kappa shape index (κ3) is 3.48. The number of halogens is 1. The number of nitrogens with zero attached hydrogens (tertiary/aromatic N) is 4. The predicted octanol–water partition coefficient (Wildman–Crippen LogP) is 4.55. The molecule has 0 aliphatic carbocycles. The van der Waals surface area contributed by atoms with Crippen LogP contribution < -0.4 is 5.32 Å². The van der Waals surface area contributed by atoms with Crippen molar-refractivity contribution < 1.29 is 13.7 Å². The number of nitrogens with one attached hydrogen (secondary N) is 1. The fourth-order valence-corrected chi connectivity index (χ4v) is 4.33. The molecule has 0 aliphatic heterocycles. The van der Waals surface area contributed by atoms with Gasteiger partial charge in [0.05, 0.1) is 22.3 Å². The molecule has 4 rings (SSSR count). The van der Waals surface area contributed by atoms with Crippen LogP contribution in [0.3, 0.4) is 0 Å². The fourth-order valence-electron chi connectivity index (χ4n) is 2.69. The molecule has 0 fully saturated rings. The minimum absolute atomic E-state index is 0.169. The number of thioether (sulfide) groups is 1. The van der Waals surface area contributed by atoms with E-state index in [1.54, 1.807) is 36.9 Å². The van der Waals surface area contributed by atoms with Crippen molar-refractivity contribution in [3.8, 4) is 11.3 Å². The molecule has 0 saturated heterocycles. The van der Waals surface area contributed by atoms with Gasteiger partial charge in [0, 0.05) is 5.56 Å². The monoisotopic (exact) mass is 415 g/mol. The number of fused-ring (bicyclic) bond motifs is 1. The van der Waals surface area contributed by atoms with Gasteiger partial charge in [-0.2, -0.15) is 0 Å². The van der Waals surface area contributed by atoms with Gasteiger partial charge in [0.25, 0.3) is 11.6 Å². The molecule has 28 heavy (non-hydrogen) atoms. The first-order valence-electron chi connectivity index (χ1n) is 8.36. The summed E-state index contributed by atoms with van der Waals surface area (Å²) in [6.45, 7) is 3.73. The molecule has 0 aliphatic rings. The lowest BCUT2D eigenvalue weighted by atomic mass is 10.0. The minimum atomic E-state index is -0.442. The highest BCUT2D eigenvalue weighted by Crippen LogP contribution is 2.30. The topological polar surface area (TPSA) is 93.8 Å². The van der Waals surface area contributed by atoms with E-state index in [1.165, 1.54) is 23.5 Å². The summed E-state index contributed by atoms with van der Waals surface area (Å²) in [5, 5.41) is 15.5. The molecule has 142 valence electrons. The molecule has 4 aromatic rings. The van der Waals surface area contributed by atoms with E-state index in [1.807, 2.05) is 6.92 Å². The number of anilines is 1. The molecule has 1 N–H and O–H groups in total. The Kier molecular flexibility index (Phi) is 5.05. The van der Waals surface area contributed by atoms with Gasteiger partial charge in [0.1, 0.15) is 5.82 Å². The number of amides is 1. The molecule has 3 heterocycles. The van der Waals surface area contributed by atoms with Crippen LogP contribution in [0.15, 0.2) is 39.2 Å². The quantitative estimate of drug-likeness (QED) is 0.377. The summed E-state index contributed by atoms with van der Waals surface area (Å²) >= 11 is 2.83. The molecule has 0 bridgehead atoms. The normalized spacial score (nSPS) is 11.1. The molecule has 0 radical (unpaired) electrons. The van der Waals surface area contributed by atoms with Gasteiger partial charge in [-0.25, -0.2) is 9.37 Å². The van der Waals surface area contributed by atoms with E-state index in [-0.39, 0.29) is 22.5 Å². The van der Waals surface area contributed by atoms with Crippen LogP contribution >= 0.6 is 23.1 Å². The predicted molar refractivity (Wildman–Crippen MR) is 106 cm³/mol. The summed E-state index contributed by atoms with van der Waals surface area (Å²) in [5.41, 5.74) is 1.52. The maximum absolute atomic E-state index is 14.2. The lowest BCUT2D eigenvalue weighted by Gasteiger charge is -2.07. The third-order valence-electron chi connectivity index (χ3n) is 3.91. The third-order valence-corrected chi connectivity index (χ3v) is 5.76. The van der Waals surface area contributed by atoms with Gasteiger partial charge in [-0.1, -0.05) is 47.3 Å². The van der Waals surface area contributed by atoms with Gasteiger partial charge in [-0.3, -0.25) is 10.1 Å². The van der Waals surface area contributed by atoms with E-state index in [9.17, 15) is 9.18 Å². The molecule has 0 saturated carbocycles. The summed E-state index contributed by atoms with van der Waals surface area (Å²) < 4.78 is 20.2. The van der Waals surface area contributed by atoms with Crippen LogP contribution in [0.2, 0.25) is 0 Å². The van der Waals surface area contributed by atoms with Crippen molar-refractivity contribution in [1.82, 2.24) is 20.3 Å². The zero-order valence-corrected chi connectivity index (χ0v) is 16.5. The highest BCUT2D eigenvalue weighted by atomic mass is 32.2. The van der Waals surface area contributed by atoms with Crippen LogP contribution in [-0.2, 0) is 0 Å². The Morgan fingerprint density at radius 1 is 1.32 bits per heavy atom. The summed E-state index contributed by atoms with van der Waals surface area (Å²) in [6, 6.07) is 7.74. The second-order valence-corrected chi connectivity index (χ2v) is 8.23. The van der Waals surface area contributed by atoms with Crippen molar-refractivity contribution in [2.45, 2.75) is 18.2 Å². The molecular weight excluding hydrogens is 401 g/mol. The van der Waals surface area contributed by atoms with Crippen LogP contribution in [0.5, 0.6) is 0 Å². The first-order chi connectivity index (χ1) is 13.6. The average molecular weight is 415 g/mol. The number of carbonyl (C=O) groups is 1. The molecule has 1 aromatic carbocycles. The highest BCUT2D eigenvalue weighted by molar-refractivity contribution is 8.01. The van der Waals surface area contributed by atoms with Crippen molar-refractivity contribution in [3.63, 3.8) is 0 Å². The Hall–Kier alpha value is -2.85. The number of hydrogen-bond donors (Lipinski definition) is 1. The Bertz CT molecular complexity index is 1170. The van der Waals surface area contributed by atoms with Crippen molar-refractivity contribution in [1.29, 1.82) is 0 Å². The zero-order valence-electron chi connectivity index (χ0n) is 14.9. The van der Waals surface area contributed by atoms with Crippen LogP contribution in [0, 0.1) is 12.7 Å². The highest BCUT2D eigenvalue weighted by Gasteiger charge is 2.21. The van der Waals surface area contributed by atoms with E-state index >= 15 is 0 Å². The number of aromatic nitrogens is 4. The van der Waals surface area contributed by atoms with E-state index in [4.69, 9.17) is 4.52 Å². The van der Waals surface area contributed by atoms with Crippen molar-refractivity contribution >= 4 is 45.2 Å². The maximum Gasteiger partial charge on any atom is 0.259 e. The van der Waals surface area contributed by atoms with Crippen molar-refractivity contribution in [2.24, 2.45) is 0 Å². The van der Waals surface area contributed by atoms with Gasteiger partial charge in [-0.05, 0) is 30.9 Å². The SMILES string of the molecule is CCSc1nnc(NC(=O)c2cc(-c3ccccc3F)nc3onc(C)c23)s1. The molecule has 3 aromatic heterocycles. The average Bonchev–Trinajstić information content (AvgIpc) is 3.28. The molecule has 10 heteroatoms. The largest absolute Gasteiger partial charge is 0.335 e. The molecule has 7 nitrogen and oxygen atoms in total. The van der Waals surface area contributed by atoms with E-state index in [2.05, 4.69) is 25.7 Å². The minimum Gasteiger partial charge on any atom is -0.335 e. The zero-order chi connectivity index (χ0) is 19.7. The molecule has 1 amide bonds. The number of rotatable bonds is 5. The Balaban J connectivity index is 1.77. The Morgan fingerprint density at radius 2 is 2.14 bits per heavy atom. The number of aryl methyl sites for hydroxylation is 1. The first-order valence-corrected chi connectivity index (χ1v) is 10.2. The molecule has 0 unspecified atom stereocenters. The van der Waals surface area contributed by atoms with Crippen LogP contribution in [0.25, 0.3) is 22.4 Å². The fraction of sp³-hybridized carbons (Fsp3) is 0.167. The van der Waals surface area contributed by atoms with Crippen molar-refractivity contribution in [3.05, 3.63) is 47.4 Å². The van der Waals surface area contributed by atoms with E-state index in [0.29, 0.717) is 16.2 Å². The van der Waals surface area contributed by atoms with E-state index in [0.717, 1.165) is 10.1 Å². The Labute approximate surface area is 167 Å². The Morgan fingerprint density at radius 3 is 2.93 bits per heavy atom. The van der Waals surface area contributed by atoms with Crippen LogP contribution in [0.1, 0.15) is 23.0 Å². The summed E-state index contributed by atoms with van der Waals surface area (Å²) in [6.07, 6.45) is 0. The van der Waals surface area contributed by atoms with Gasteiger partial charge >= 0.3 is 0 Å². The van der Waals surface area contributed by atoms with Crippen molar-refractivity contribution in [2.75, 3.05) is 11.1 Å².